The fraction of sp³-hybridized carbons (Fsp3) is 0.429. The number of benzene rings is 1. The zero-order valence-electron chi connectivity index (χ0n) is 14.3. The highest BCUT2D eigenvalue weighted by atomic mass is 16.4. The first-order valence-corrected chi connectivity index (χ1v) is 7.34. The van der Waals surface area contributed by atoms with E-state index in [2.05, 4.69) is 30.7 Å². The minimum absolute atomic E-state index is 0.0671. The molecule has 26 heavy (non-hydrogen) atoms. The van der Waals surface area contributed by atoms with Crippen molar-refractivity contribution in [2.24, 2.45) is 10.2 Å². The summed E-state index contributed by atoms with van der Waals surface area (Å²) < 4.78 is 0. The molecule has 0 heterocycles. The summed E-state index contributed by atoms with van der Waals surface area (Å²) in [5.74, 6) is -1.91. The average Bonchev–Trinajstić information content (AvgIpc) is 2.62. The Balaban J connectivity index is 0.000000541. The lowest BCUT2D eigenvalue weighted by Crippen LogP contribution is -2.36. The summed E-state index contributed by atoms with van der Waals surface area (Å²) in [5.41, 5.74) is 17.4. The highest BCUT2D eigenvalue weighted by Crippen LogP contribution is 2.14. The highest BCUT2D eigenvalue weighted by Gasteiger charge is 2.14. The molecule has 0 aliphatic carbocycles. The van der Waals surface area contributed by atoms with Gasteiger partial charge in [-0.2, -0.15) is 0 Å². The summed E-state index contributed by atoms with van der Waals surface area (Å²) in [6.07, 6.45) is 0.391. The van der Waals surface area contributed by atoms with Crippen molar-refractivity contribution in [2.45, 2.75) is 18.5 Å². The van der Waals surface area contributed by atoms with Crippen LogP contribution < -0.4 is 10.6 Å². The van der Waals surface area contributed by atoms with Gasteiger partial charge < -0.3 is 20.8 Å². The molecule has 1 rings (SSSR count). The first-order chi connectivity index (χ1) is 12.4. The van der Waals surface area contributed by atoms with Crippen molar-refractivity contribution in [1.29, 1.82) is 0 Å². The Morgan fingerprint density at radius 2 is 1.58 bits per heavy atom. The van der Waals surface area contributed by atoms with Crippen molar-refractivity contribution >= 4 is 17.6 Å². The van der Waals surface area contributed by atoms with E-state index in [9.17, 15) is 9.59 Å². The van der Waals surface area contributed by atoms with Crippen LogP contribution >= 0.6 is 0 Å². The number of aliphatic carboxylic acids is 2. The average molecular weight is 364 g/mol. The van der Waals surface area contributed by atoms with Crippen LogP contribution in [0.3, 0.4) is 0 Å². The van der Waals surface area contributed by atoms with Crippen LogP contribution in [0.2, 0.25) is 0 Å². The van der Waals surface area contributed by atoms with Crippen molar-refractivity contribution in [3.05, 3.63) is 50.7 Å². The van der Waals surface area contributed by atoms with E-state index in [4.69, 9.17) is 21.3 Å². The van der Waals surface area contributed by atoms with E-state index in [0.717, 1.165) is 5.56 Å². The molecule has 0 saturated heterocycles. The maximum absolute atomic E-state index is 10.8. The second-order valence-corrected chi connectivity index (χ2v) is 4.83. The van der Waals surface area contributed by atoms with Gasteiger partial charge in [-0.3, -0.25) is 9.59 Å². The van der Waals surface area contributed by atoms with Crippen LogP contribution in [0.15, 0.2) is 34.5 Å². The van der Waals surface area contributed by atoms with E-state index >= 15 is 0 Å². The number of carbonyl (C=O) groups is 2. The maximum Gasteiger partial charge on any atom is 0.321 e. The van der Waals surface area contributed by atoms with Gasteiger partial charge in [0.2, 0.25) is 0 Å². The van der Waals surface area contributed by atoms with Gasteiger partial charge in [-0.25, -0.2) is 0 Å². The van der Waals surface area contributed by atoms with Gasteiger partial charge in [0.1, 0.15) is 12.1 Å². The van der Waals surface area contributed by atoms with E-state index in [1.807, 2.05) is 0 Å². The fourth-order valence-corrected chi connectivity index (χ4v) is 1.71. The topological polar surface area (TPSA) is 196 Å². The molecule has 1 aromatic rings. The Morgan fingerprint density at radius 1 is 1.04 bits per heavy atom. The zero-order valence-corrected chi connectivity index (χ0v) is 14.3. The third kappa shape index (κ3) is 9.11. The fourth-order valence-electron chi connectivity index (χ4n) is 1.71. The summed E-state index contributed by atoms with van der Waals surface area (Å²) >= 11 is 0. The van der Waals surface area contributed by atoms with E-state index < -0.39 is 24.0 Å². The molecule has 0 aliphatic rings. The molecule has 0 fully saturated rings. The number of carboxylic acids is 2. The lowest BCUT2D eigenvalue weighted by atomic mass is 10.1. The normalized spacial score (nSPS) is 11.6. The van der Waals surface area contributed by atoms with Gasteiger partial charge in [-0.15, -0.1) is 0 Å². The largest absolute Gasteiger partial charge is 0.480 e. The smallest absolute Gasteiger partial charge is 0.321 e. The first-order valence-electron chi connectivity index (χ1n) is 7.34. The second-order valence-electron chi connectivity index (χ2n) is 4.83. The molecule has 4 N–H and O–H groups in total. The molecule has 0 aliphatic heterocycles. The summed E-state index contributed by atoms with van der Waals surface area (Å²) in [6.45, 7) is -0.0671. The van der Waals surface area contributed by atoms with E-state index in [-0.39, 0.29) is 6.54 Å². The Bertz CT molecular complexity index is 681. The number of carboxylic acid groups (broad SMARTS) is 2. The van der Waals surface area contributed by atoms with Gasteiger partial charge in [0.15, 0.2) is 0 Å². The third-order valence-corrected chi connectivity index (χ3v) is 3.16. The summed E-state index contributed by atoms with van der Waals surface area (Å²) in [4.78, 5) is 26.1. The van der Waals surface area contributed by atoms with Crippen LogP contribution in [0, 0.1) is 0 Å². The van der Waals surface area contributed by atoms with Gasteiger partial charge in [0.25, 0.3) is 0 Å². The van der Waals surface area contributed by atoms with Crippen molar-refractivity contribution in [3.63, 3.8) is 0 Å². The van der Waals surface area contributed by atoms with Crippen LogP contribution in [0.4, 0.5) is 5.69 Å². The number of hydrogen-bond donors (Lipinski definition) is 4. The van der Waals surface area contributed by atoms with Crippen LogP contribution in [0.1, 0.15) is 5.56 Å². The predicted molar refractivity (Wildman–Crippen MR) is 93.9 cm³/mol. The standard InChI is InChI=1S/C10H12N4O2.C4H8N4O2/c1-12-9(10(15)16)6-7-2-4-8(5-3-7)13-14-11;1-6-3(4(9)10)2-7-8-5/h2-5,9,12H,6H2,1H3,(H,15,16);3,6H,2H2,1H3,(H,9,10)/t9-;3-/m00/s1. The number of rotatable bonds is 9. The van der Waals surface area contributed by atoms with Gasteiger partial charge in [0, 0.05) is 15.5 Å². The first kappa shape index (κ1) is 22.7. The molecule has 0 saturated carbocycles. The molecule has 140 valence electrons. The maximum atomic E-state index is 10.8. The monoisotopic (exact) mass is 364 g/mol. The van der Waals surface area contributed by atoms with Gasteiger partial charge in [-0.1, -0.05) is 34.5 Å². The number of azide groups is 2. The summed E-state index contributed by atoms with van der Waals surface area (Å²) in [7, 11) is 3.10. The highest BCUT2D eigenvalue weighted by molar-refractivity contribution is 5.74. The minimum atomic E-state index is -1.02. The molecular formula is C14H20N8O4. The number of hydrogen-bond acceptors (Lipinski definition) is 6. The number of likely N-dealkylation sites (N-methyl/N-ethyl adjacent to an activating group) is 2. The molecule has 12 nitrogen and oxygen atoms in total. The van der Waals surface area contributed by atoms with Crippen LogP contribution in [0.5, 0.6) is 0 Å². The molecule has 0 aromatic heterocycles. The quantitative estimate of drug-likeness (QED) is 0.292. The number of nitrogens with zero attached hydrogens (tertiary/aromatic N) is 6. The van der Waals surface area contributed by atoms with Gasteiger partial charge in [-0.05, 0) is 37.1 Å². The Kier molecular flexibility index (Phi) is 11.4. The third-order valence-electron chi connectivity index (χ3n) is 3.16. The number of nitrogens with one attached hydrogen (secondary N) is 2. The van der Waals surface area contributed by atoms with Gasteiger partial charge in [0.05, 0.1) is 6.54 Å². The predicted octanol–water partition coefficient (Wildman–Crippen LogP) is 1.81. The van der Waals surface area contributed by atoms with Crippen molar-refractivity contribution in [2.75, 3.05) is 20.6 Å². The molecule has 2 atom stereocenters. The van der Waals surface area contributed by atoms with Crippen LogP contribution in [-0.2, 0) is 16.0 Å². The molecule has 12 heteroatoms. The molecule has 0 radical (unpaired) electrons. The van der Waals surface area contributed by atoms with E-state index in [1.54, 1.807) is 31.3 Å². The lowest BCUT2D eigenvalue weighted by Gasteiger charge is -2.10. The van der Waals surface area contributed by atoms with Crippen LogP contribution in [-0.4, -0.2) is 54.9 Å². The van der Waals surface area contributed by atoms with Crippen LogP contribution in [0.25, 0.3) is 20.9 Å². The SMILES string of the molecule is CN[C@@H](CN=[N+]=[N-])C(=O)O.CN[C@@H](Cc1ccc(N=[N+]=[N-])cc1)C(=O)O. The Labute approximate surface area is 149 Å². The summed E-state index contributed by atoms with van der Waals surface area (Å²) in [6, 6.07) is 5.42. The van der Waals surface area contributed by atoms with Crippen molar-refractivity contribution in [3.8, 4) is 0 Å². The minimum Gasteiger partial charge on any atom is -0.480 e. The lowest BCUT2D eigenvalue weighted by molar-refractivity contribution is -0.140. The van der Waals surface area contributed by atoms with Crippen molar-refractivity contribution in [1.82, 2.24) is 10.6 Å². The second kappa shape index (κ2) is 13.0. The molecule has 0 amide bonds. The molecule has 0 bridgehead atoms. The van der Waals surface area contributed by atoms with E-state index in [0.29, 0.717) is 12.1 Å². The Hall–Kier alpha value is -3.30. The van der Waals surface area contributed by atoms with Crippen molar-refractivity contribution < 1.29 is 19.8 Å². The molecular weight excluding hydrogens is 344 g/mol. The molecule has 0 unspecified atom stereocenters. The Morgan fingerprint density at radius 3 is 1.96 bits per heavy atom. The summed E-state index contributed by atoms with van der Waals surface area (Å²) in [5, 5.41) is 28.9. The molecule has 1 aromatic carbocycles. The van der Waals surface area contributed by atoms with E-state index in [1.165, 1.54) is 7.05 Å². The van der Waals surface area contributed by atoms with Gasteiger partial charge >= 0.3 is 11.9 Å². The molecule has 0 spiro atoms. The zero-order chi connectivity index (χ0) is 19.9.